The van der Waals surface area contributed by atoms with Crippen molar-refractivity contribution >= 4 is 11.9 Å². The molecule has 0 radical (unpaired) electrons. The lowest BCUT2D eigenvalue weighted by atomic mass is 9.80. The van der Waals surface area contributed by atoms with E-state index in [-0.39, 0.29) is 12.1 Å². The van der Waals surface area contributed by atoms with Gasteiger partial charge < -0.3 is 15.5 Å². The van der Waals surface area contributed by atoms with E-state index in [9.17, 15) is 9.59 Å². The highest BCUT2D eigenvalue weighted by atomic mass is 16.4. The first-order valence-electron chi connectivity index (χ1n) is 5.00. The number of rotatable bonds is 2. The summed E-state index contributed by atoms with van der Waals surface area (Å²) in [5.41, 5.74) is 0.317. The molecule has 3 N–H and O–H groups in total. The van der Waals surface area contributed by atoms with Crippen LogP contribution in [-0.2, 0) is 9.59 Å². The molecule has 0 spiro atoms. The quantitative estimate of drug-likeness (QED) is 0.608. The average molecular weight is 211 g/mol. The van der Waals surface area contributed by atoms with Crippen LogP contribution in [0.25, 0.3) is 0 Å². The van der Waals surface area contributed by atoms with Gasteiger partial charge >= 0.3 is 11.9 Å². The van der Waals surface area contributed by atoms with Crippen LogP contribution in [0.5, 0.6) is 0 Å². The Bertz CT molecular complexity index is 336. The third kappa shape index (κ3) is 1.87. The molecule has 2 aliphatic heterocycles. The number of carboxylic acid groups (broad SMARTS) is 2. The summed E-state index contributed by atoms with van der Waals surface area (Å²) in [6, 6.07) is -0.177. The van der Waals surface area contributed by atoms with Crippen molar-refractivity contribution < 1.29 is 19.8 Å². The van der Waals surface area contributed by atoms with E-state index in [0.29, 0.717) is 24.8 Å². The third-order valence-electron chi connectivity index (χ3n) is 3.12. The Kier molecular flexibility index (Phi) is 2.48. The highest BCUT2D eigenvalue weighted by Crippen LogP contribution is 2.30. The van der Waals surface area contributed by atoms with Gasteiger partial charge in [-0.1, -0.05) is 6.08 Å². The Labute approximate surface area is 86.8 Å². The van der Waals surface area contributed by atoms with Gasteiger partial charge in [-0.15, -0.1) is 0 Å². The molecule has 0 saturated carbocycles. The number of hydrogen-bond donors (Lipinski definition) is 3. The largest absolute Gasteiger partial charge is 0.481 e. The Morgan fingerprint density at radius 1 is 1.33 bits per heavy atom. The fourth-order valence-corrected chi connectivity index (χ4v) is 2.38. The van der Waals surface area contributed by atoms with E-state index in [1.54, 1.807) is 6.08 Å². The monoisotopic (exact) mass is 211 g/mol. The van der Waals surface area contributed by atoms with E-state index in [0.717, 1.165) is 0 Å². The van der Waals surface area contributed by atoms with Crippen molar-refractivity contribution in [3.05, 3.63) is 11.6 Å². The van der Waals surface area contributed by atoms with Crippen molar-refractivity contribution in [3.8, 4) is 0 Å². The Hall–Kier alpha value is -1.36. The minimum atomic E-state index is -0.947. The lowest BCUT2D eigenvalue weighted by Gasteiger charge is -2.37. The lowest BCUT2D eigenvalue weighted by Crippen LogP contribution is -2.51. The number of carboxylic acids is 2. The third-order valence-corrected chi connectivity index (χ3v) is 3.12. The van der Waals surface area contributed by atoms with Crippen LogP contribution in [0.15, 0.2) is 11.6 Å². The molecule has 1 saturated heterocycles. The van der Waals surface area contributed by atoms with Crippen molar-refractivity contribution in [1.29, 1.82) is 0 Å². The molecule has 2 bridgehead atoms. The van der Waals surface area contributed by atoms with E-state index in [1.807, 2.05) is 0 Å². The van der Waals surface area contributed by atoms with Crippen LogP contribution in [0.4, 0.5) is 0 Å². The molecule has 5 heteroatoms. The molecule has 2 heterocycles. The predicted octanol–water partition coefficient (Wildman–Crippen LogP) is 0.223. The second kappa shape index (κ2) is 3.66. The highest BCUT2D eigenvalue weighted by molar-refractivity contribution is 5.88. The van der Waals surface area contributed by atoms with Gasteiger partial charge in [0, 0.05) is 17.7 Å². The average Bonchev–Trinajstić information content (AvgIpc) is 2.16. The highest BCUT2D eigenvalue weighted by Gasteiger charge is 2.37. The molecule has 1 fully saturated rings. The van der Waals surface area contributed by atoms with Crippen LogP contribution in [0, 0.1) is 5.92 Å². The molecule has 15 heavy (non-hydrogen) atoms. The van der Waals surface area contributed by atoms with Gasteiger partial charge in [-0.2, -0.15) is 0 Å². The van der Waals surface area contributed by atoms with E-state index < -0.39 is 17.9 Å². The Morgan fingerprint density at radius 3 is 2.67 bits per heavy atom. The number of aliphatic carboxylic acids is 2. The molecule has 5 nitrogen and oxygen atoms in total. The summed E-state index contributed by atoms with van der Waals surface area (Å²) < 4.78 is 0. The van der Waals surface area contributed by atoms with Crippen molar-refractivity contribution in [2.45, 2.75) is 31.3 Å². The second-order valence-corrected chi connectivity index (χ2v) is 4.12. The number of fused-ring (bicyclic) bond motifs is 2. The lowest BCUT2D eigenvalue weighted by molar-refractivity contribution is -0.144. The van der Waals surface area contributed by atoms with E-state index in [2.05, 4.69) is 5.32 Å². The molecule has 3 unspecified atom stereocenters. The molecule has 82 valence electrons. The first kappa shape index (κ1) is 10.2. The molecule has 0 aromatic rings. The van der Waals surface area contributed by atoms with Gasteiger partial charge in [-0.25, -0.2) is 4.79 Å². The Balaban J connectivity index is 2.17. The smallest absolute Gasteiger partial charge is 0.332 e. The number of hydrogen-bond acceptors (Lipinski definition) is 3. The molecule has 0 aliphatic carbocycles. The maximum Gasteiger partial charge on any atom is 0.332 e. The zero-order valence-corrected chi connectivity index (χ0v) is 8.14. The van der Waals surface area contributed by atoms with Crippen LogP contribution >= 0.6 is 0 Å². The molecule has 2 rings (SSSR count). The topological polar surface area (TPSA) is 86.6 Å². The van der Waals surface area contributed by atoms with E-state index >= 15 is 0 Å². The summed E-state index contributed by atoms with van der Waals surface area (Å²) in [6.07, 6.45) is 3.30. The fraction of sp³-hybridized carbons (Fsp3) is 0.600. The molecule has 3 atom stereocenters. The first-order chi connectivity index (χ1) is 7.08. The first-order valence-corrected chi connectivity index (χ1v) is 5.00. The number of nitrogens with one attached hydrogen (secondary N) is 1. The van der Waals surface area contributed by atoms with Gasteiger partial charge in [0.2, 0.25) is 0 Å². The maximum atomic E-state index is 10.9. The van der Waals surface area contributed by atoms with Crippen molar-refractivity contribution in [2.75, 3.05) is 0 Å². The van der Waals surface area contributed by atoms with Gasteiger partial charge in [-0.3, -0.25) is 4.79 Å². The molecule has 2 aliphatic rings. The maximum absolute atomic E-state index is 10.9. The van der Waals surface area contributed by atoms with Gasteiger partial charge in [0.15, 0.2) is 0 Å². The number of piperidine rings is 1. The summed E-state index contributed by atoms with van der Waals surface area (Å²) in [4.78, 5) is 21.7. The predicted molar refractivity (Wildman–Crippen MR) is 51.4 cm³/mol. The normalized spacial score (nSPS) is 34.4. The summed E-state index contributed by atoms with van der Waals surface area (Å²) in [5, 5.41) is 21.0. The van der Waals surface area contributed by atoms with Crippen molar-refractivity contribution in [1.82, 2.24) is 5.32 Å². The van der Waals surface area contributed by atoms with Gasteiger partial charge in [0.1, 0.15) is 0 Å². The fourth-order valence-electron chi connectivity index (χ4n) is 2.38. The van der Waals surface area contributed by atoms with Gasteiger partial charge in [0.05, 0.1) is 5.92 Å². The van der Waals surface area contributed by atoms with Gasteiger partial charge in [-0.05, 0) is 19.3 Å². The zero-order valence-electron chi connectivity index (χ0n) is 8.14. The molecular weight excluding hydrogens is 198 g/mol. The Morgan fingerprint density at radius 2 is 2.07 bits per heavy atom. The summed E-state index contributed by atoms with van der Waals surface area (Å²) in [6.45, 7) is 0. The second-order valence-electron chi connectivity index (χ2n) is 4.12. The van der Waals surface area contributed by atoms with Crippen LogP contribution in [0.2, 0.25) is 0 Å². The standard InChI is InChI=1S/C10H13NO4/c12-9(13)5-3-6-1-2-7(10(14)15)8(4-5)11-6/h2,5-6,8,11H,1,3-4H2,(H,12,13)(H,14,15). The molecule has 0 aromatic heterocycles. The SMILES string of the molecule is O=C(O)C1=CCC2CC(C(=O)O)CC1N2. The summed E-state index contributed by atoms with van der Waals surface area (Å²) >= 11 is 0. The van der Waals surface area contributed by atoms with Crippen LogP contribution in [0.1, 0.15) is 19.3 Å². The van der Waals surface area contributed by atoms with Crippen LogP contribution < -0.4 is 5.32 Å². The summed E-state index contributed by atoms with van der Waals surface area (Å²) in [5.74, 6) is -2.18. The minimum absolute atomic E-state index is 0.118. The molecule has 0 aromatic carbocycles. The van der Waals surface area contributed by atoms with Crippen LogP contribution in [-0.4, -0.2) is 34.2 Å². The van der Waals surface area contributed by atoms with Crippen LogP contribution in [0.3, 0.4) is 0 Å². The van der Waals surface area contributed by atoms with Crippen molar-refractivity contribution in [2.24, 2.45) is 5.92 Å². The van der Waals surface area contributed by atoms with E-state index in [1.165, 1.54) is 0 Å². The van der Waals surface area contributed by atoms with E-state index in [4.69, 9.17) is 10.2 Å². The van der Waals surface area contributed by atoms with Gasteiger partial charge in [0.25, 0.3) is 0 Å². The summed E-state index contributed by atoms with van der Waals surface area (Å²) in [7, 11) is 0. The van der Waals surface area contributed by atoms with Crippen molar-refractivity contribution in [3.63, 3.8) is 0 Å². The minimum Gasteiger partial charge on any atom is -0.481 e. The molecule has 0 amide bonds. The molecular formula is C10H13NO4. The zero-order chi connectivity index (χ0) is 11.0. The number of carbonyl (C=O) groups is 2.